The van der Waals surface area contributed by atoms with Crippen molar-refractivity contribution in [2.24, 2.45) is 28.6 Å². The van der Waals surface area contributed by atoms with Gasteiger partial charge in [0.15, 0.2) is 0 Å². The van der Waals surface area contributed by atoms with Gasteiger partial charge in [0, 0.05) is 62.3 Å². The number of hydrogen-bond acceptors (Lipinski definition) is 3. The average Bonchev–Trinajstić information content (AvgIpc) is 3.26. The molecule has 5 aliphatic rings. The summed E-state index contributed by atoms with van der Waals surface area (Å²) in [5, 5.41) is 0. The first-order chi connectivity index (χ1) is 13.2. The van der Waals surface area contributed by atoms with Crippen LogP contribution in [0.2, 0.25) is 0 Å². The highest BCUT2D eigenvalue weighted by molar-refractivity contribution is 5.17. The van der Waals surface area contributed by atoms with Gasteiger partial charge in [0.05, 0.1) is 0 Å². The zero-order valence-electron chi connectivity index (χ0n) is 19.5. The van der Waals surface area contributed by atoms with Crippen LogP contribution in [-0.4, -0.2) is 71.6 Å². The minimum atomic E-state index is 0.719. The lowest BCUT2D eigenvalue weighted by Crippen LogP contribution is -2.68. The molecule has 2 saturated carbocycles. The molecule has 0 aromatic heterocycles. The molecule has 3 aliphatic heterocycles. The lowest BCUT2D eigenvalue weighted by molar-refractivity contribution is -0.157. The van der Waals surface area contributed by atoms with E-state index in [2.05, 4.69) is 56.2 Å². The Balaban J connectivity index is 1.20. The van der Waals surface area contributed by atoms with E-state index < -0.39 is 0 Å². The third-order valence-corrected chi connectivity index (χ3v) is 9.93. The summed E-state index contributed by atoms with van der Waals surface area (Å²) in [6.45, 7) is 21.4. The van der Waals surface area contributed by atoms with Gasteiger partial charge in [0.2, 0.25) is 0 Å². The SMILES string of the molecule is CC(C)N1CC2(CCC2C2CCC(C3CC34CN(C(C)C)C4)N(C(C)C)C2)C1. The molecule has 0 radical (unpaired) electrons. The Bertz CT molecular complexity index is 585. The Labute approximate surface area is 174 Å². The van der Waals surface area contributed by atoms with Gasteiger partial charge in [-0.15, -0.1) is 0 Å². The lowest BCUT2D eigenvalue weighted by atomic mass is 9.51. The molecule has 3 nitrogen and oxygen atoms in total. The van der Waals surface area contributed by atoms with Crippen LogP contribution in [-0.2, 0) is 0 Å². The number of rotatable bonds is 5. The van der Waals surface area contributed by atoms with E-state index in [0.29, 0.717) is 0 Å². The van der Waals surface area contributed by atoms with E-state index in [9.17, 15) is 0 Å². The van der Waals surface area contributed by atoms with Crippen LogP contribution in [0.5, 0.6) is 0 Å². The summed E-state index contributed by atoms with van der Waals surface area (Å²) in [6, 6.07) is 3.09. The maximum absolute atomic E-state index is 2.97. The highest BCUT2D eigenvalue weighted by Crippen LogP contribution is 2.64. The molecule has 0 aromatic carbocycles. The van der Waals surface area contributed by atoms with Crippen molar-refractivity contribution in [3.05, 3.63) is 0 Å². The van der Waals surface area contributed by atoms with Gasteiger partial charge in [0.1, 0.15) is 0 Å². The second kappa shape index (κ2) is 6.69. The Morgan fingerprint density at radius 2 is 1.29 bits per heavy atom. The van der Waals surface area contributed by atoms with Crippen LogP contribution in [0.15, 0.2) is 0 Å². The molecule has 4 atom stereocenters. The topological polar surface area (TPSA) is 9.72 Å². The van der Waals surface area contributed by atoms with Crippen molar-refractivity contribution in [2.45, 2.75) is 97.8 Å². The second-order valence-electron chi connectivity index (χ2n) is 12.4. The average molecular weight is 388 g/mol. The zero-order chi connectivity index (χ0) is 19.8. The van der Waals surface area contributed by atoms with E-state index in [1.807, 2.05) is 0 Å². The second-order valence-corrected chi connectivity index (χ2v) is 12.4. The highest BCUT2D eigenvalue weighted by Gasteiger charge is 2.65. The lowest BCUT2D eigenvalue weighted by Gasteiger charge is -2.65. The molecule has 5 rings (SSSR count). The number of nitrogens with zero attached hydrogens (tertiary/aromatic N) is 3. The van der Waals surface area contributed by atoms with Gasteiger partial charge < -0.3 is 0 Å². The Morgan fingerprint density at radius 1 is 0.679 bits per heavy atom. The minimum absolute atomic E-state index is 0.719. The molecule has 0 bridgehead atoms. The third-order valence-electron chi connectivity index (χ3n) is 9.93. The Kier molecular flexibility index (Phi) is 4.73. The van der Waals surface area contributed by atoms with E-state index in [-0.39, 0.29) is 0 Å². The molecule has 2 aliphatic carbocycles. The Morgan fingerprint density at radius 3 is 1.79 bits per heavy atom. The summed E-state index contributed by atoms with van der Waals surface area (Å²) in [7, 11) is 0. The van der Waals surface area contributed by atoms with Crippen LogP contribution in [0.25, 0.3) is 0 Å². The molecule has 5 fully saturated rings. The number of piperidine rings is 1. The van der Waals surface area contributed by atoms with Crippen LogP contribution in [0.1, 0.15) is 73.6 Å². The van der Waals surface area contributed by atoms with Gasteiger partial charge in [-0.2, -0.15) is 0 Å². The van der Waals surface area contributed by atoms with Crippen molar-refractivity contribution in [2.75, 3.05) is 32.7 Å². The maximum Gasteiger partial charge on any atom is 0.0133 e. The summed E-state index contributed by atoms with van der Waals surface area (Å²) < 4.78 is 0. The van der Waals surface area contributed by atoms with Gasteiger partial charge in [-0.3, -0.25) is 14.7 Å². The molecule has 160 valence electrons. The van der Waals surface area contributed by atoms with Crippen molar-refractivity contribution < 1.29 is 0 Å². The quantitative estimate of drug-likeness (QED) is 0.695. The molecular weight excluding hydrogens is 342 g/mol. The largest absolute Gasteiger partial charge is 0.300 e. The zero-order valence-corrected chi connectivity index (χ0v) is 19.5. The van der Waals surface area contributed by atoms with E-state index >= 15 is 0 Å². The smallest absolute Gasteiger partial charge is 0.0133 e. The molecule has 28 heavy (non-hydrogen) atoms. The molecule has 0 amide bonds. The summed E-state index contributed by atoms with van der Waals surface area (Å²) in [4.78, 5) is 8.38. The van der Waals surface area contributed by atoms with Crippen LogP contribution < -0.4 is 0 Å². The Hall–Kier alpha value is -0.120. The molecule has 3 heteroatoms. The molecule has 0 N–H and O–H groups in total. The van der Waals surface area contributed by atoms with Crippen molar-refractivity contribution in [3.63, 3.8) is 0 Å². The predicted molar refractivity (Wildman–Crippen MR) is 117 cm³/mol. The van der Waals surface area contributed by atoms with Gasteiger partial charge in [-0.1, -0.05) is 0 Å². The van der Waals surface area contributed by atoms with E-state index in [0.717, 1.165) is 52.8 Å². The molecule has 4 unspecified atom stereocenters. The van der Waals surface area contributed by atoms with E-state index in [1.165, 1.54) is 64.8 Å². The predicted octanol–water partition coefficient (Wildman–Crippen LogP) is 4.33. The van der Waals surface area contributed by atoms with Crippen molar-refractivity contribution >= 4 is 0 Å². The van der Waals surface area contributed by atoms with Gasteiger partial charge in [-0.05, 0) is 96.8 Å². The van der Waals surface area contributed by atoms with E-state index in [4.69, 9.17) is 0 Å². The fourth-order valence-electron chi connectivity index (χ4n) is 7.79. The van der Waals surface area contributed by atoms with Crippen molar-refractivity contribution in [1.82, 2.24) is 14.7 Å². The fourth-order valence-corrected chi connectivity index (χ4v) is 7.79. The first-order valence-corrected chi connectivity index (χ1v) is 12.5. The normalized spacial score (nSPS) is 40.2. The fraction of sp³-hybridized carbons (Fsp3) is 1.00. The minimum Gasteiger partial charge on any atom is -0.300 e. The van der Waals surface area contributed by atoms with Crippen LogP contribution in [0, 0.1) is 28.6 Å². The van der Waals surface area contributed by atoms with E-state index in [1.54, 1.807) is 0 Å². The van der Waals surface area contributed by atoms with Crippen LogP contribution >= 0.6 is 0 Å². The molecule has 2 spiro atoms. The first kappa shape index (κ1) is 19.8. The summed E-state index contributed by atoms with van der Waals surface area (Å²) in [6.07, 6.45) is 7.55. The molecule has 3 heterocycles. The van der Waals surface area contributed by atoms with Crippen LogP contribution in [0.4, 0.5) is 0 Å². The summed E-state index contributed by atoms with van der Waals surface area (Å²) in [5.74, 6) is 3.00. The van der Waals surface area contributed by atoms with Gasteiger partial charge in [-0.25, -0.2) is 0 Å². The number of likely N-dealkylation sites (tertiary alicyclic amines) is 3. The standard InChI is InChI=1S/C25H45N3/c1-17(2)26-13-24(14-26)10-9-21(24)20-7-8-23(28(12-20)19(5)6)22-11-25(22)15-27(16-25)18(3)4/h17-23H,7-16H2,1-6H3. The maximum atomic E-state index is 2.97. The third kappa shape index (κ3) is 2.94. The van der Waals surface area contributed by atoms with Crippen LogP contribution in [0.3, 0.4) is 0 Å². The van der Waals surface area contributed by atoms with Gasteiger partial charge in [0.25, 0.3) is 0 Å². The molecule has 0 aromatic rings. The van der Waals surface area contributed by atoms with Crippen molar-refractivity contribution in [3.8, 4) is 0 Å². The highest BCUT2D eigenvalue weighted by atomic mass is 15.3. The van der Waals surface area contributed by atoms with Crippen molar-refractivity contribution in [1.29, 1.82) is 0 Å². The summed E-state index contributed by atoms with van der Waals surface area (Å²) in [5.41, 5.74) is 1.44. The molecular formula is C25H45N3. The van der Waals surface area contributed by atoms with Gasteiger partial charge >= 0.3 is 0 Å². The first-order valence-electron chi connectivity index (χ1n) is 12.5. The number of hydrogen-bond donors (Lipinski definition) is 0. The summed E-state index contributed by atoms with van der Waals surface area (Å²) >= 11 is 0. The monoisotopic (exact) mass is 387 g/mol. The molecule has 3 saturated heterocycles.